The van der Waals surface area contributed by atoms with Gasteiger partial charge < -0.3 is 15.1 Å². The summed E-state index contributed by atoms with van der Waals surface area (Å²) in [5.41, 5.74) is 3.51. The smallest absolute Gasteiger partial charge is 0.317 e. The quantitative estimate of drug-likeness (QED) is 0.648. The summed E-state index contributed by atoms with van der Waals surface area (Å²) in [4.78, 5) is 21.0. The summed E-state index contributed by atoms with van der Waals surface area (Å²) in [5, 5.41) is 4.01. The van der Waals surface area contributed by atoms with Gasteiger partial charge >= 0.3 is 6.03 Å². The average Bonchev–Trinajstić information content (AvgIpc) is 3.10. The van der Waals surface area contributed by atoms with E-state index in [1.54, 1.807) is 16.2 Å². The predicted molar refractivity (Wildman–Crippen MR) is 117 cm³/mol. The predicted octanol–water partition coefficient (Wildman–Crippen LogP) is 4.30. The minimum Gasteiger partial charge on any atom is -0.336 e. The molecule has 0 radical (unpaired) electrons. The Hall–Kier alpha value is -2.44. The standard InChI is InChI=1S/C22H28N4OS/c1-5-16-10-12-17(13-11-16)19(25(2)3)14-23-22(27)26(4)15-21-24-18-8-6-7-9-20(18)28-21/h6-13,19H,5,14-15H2,1-4H3,(H,23,27). The van der Waals surface area contributed by atoms with Crippen molar-refractivity contribution in [1.29, 1.82) is 0 Å². The topological polar surface area (TPSA) is 48.5 Å². The molecule has 6 heteroatoms. The Morgan fingerprint density at radius 1 is 1.11 bits per heavy atom. The highest BCUT2D eigenvalue weighted by atomic mass is 32.1. The van der Waals surface area contributed by atoms with E-state index in [1.807, 2.05) is 39.3 Å². The maximum Gasteiger partial charge on any atom is 0.317 e. The number of benzene rings is 2. The van der Waals surface area contributed by atoms with Crippen molar-refractivity contribution in [2.45, 2.75) is 25.9 Å². The number of amides is 2. The van der Waals surface area contributed by atoms with Crippen molar-refractivity contribution in [2.24, 2.45) is 0 Å². The fraction of sp³-hybridized carbons (Fsp3) is 0.364. The highest BCUT2D eigenvalue weighted by Gasteiger charge is 2.17. The number of carbonyl (C=O) groups excluding carboxylic acids is 1. The van der Waals surface area contributed by atoms with Gasteiger partial charge in [0, 0.05) is 13.6 Å². The second-order valence-electron chi connectivity index (χ2n) is 7.19. The summed E-state index contributed by atoms with van der Waals surface area (Å²) in [6.07, 6.45) is 1.03. The Morgan fingerprint density at radius 2 is 1.82 bits per heavy atom. The van der Waals surface area contributed by atoms with Crippen LogP contribution in [0, 0.1) is 0 Å². The molecule has 1 aromatic heterocycles. The van der Waals surface area contributed by atoms with Crippen LogP contribution in [-0.2, 0) is 13.0 Å². The lowest BCUT2D eigenvalue weighted by atomic mass is 10.0. The summed E-state index contributed by atoms with van der Waals surface area (Å²) >= 11 is 1.63. The minimum atomic E-state index is -0.0868. The van der Waals surface area contributed by atoms with E-state index in [9.17, 15) is 4.79 Å². The molecule has 0 aliphatic heterocycles. The molecule has 0 saturated heterocycles. The van der Waals surface area contributed by atoms with E-state index in [1.165, 1.54) is 11.1 Å². The van der Waals surface area contributed by atoms with Crippen LogP contribution in [0.15, 0.2) is 48.5 Å². The van der Waals surface area contributed by atoms with Crippen LogP contribution < -0.4 is 5.32 Å². The number of aromatic nitrogens is 1. The van der Waals surface area contributed by atoms with Crippen LogP contribution in [-0.4, -0.2) is 48.5 Å². The van der Waals surface area contributed by atoms with Gasteiger partial charge in [-0.2, -0.15) is 0 Å². The first-order valence-corrected chi connectivity index (χ1v) is 10.4. The number of thiazole rings is 1. The van der Waals surface area contributed by atoms with Crippen molar-refractivity contribution in [3.8, 4) is 0 Å². The summed E-state index contributed by atoms with van der Waals surface area (Å²) in [7, 11) is 5.88. The number of nitrogens with one attached hydrogen (secondary N) is 1. The van der Waals surface area contributed by atoms with Gasteiger partial charge in [-0.15, -0.1) is 11.3 Å². The number of para-hydroxylation sites is 1. The fourth-order valence-corrected chi connectivity index (χ4v) is 4.18. The molecule has 0 spiro atoms. The summed E-state index contributed by atoms with van der Waals surface area (Å²) < 4.78 is 1.15. The van der Waals surface area contributed by atoms with E-state index in [2.05, 4.69) is 52.5 Å². The van der Waals surface area contributed by atoms with Gasteiger partial charge in [-0.25, -0.2) is 9.78 Å². The number of fused-ring (bicyclic) bond motifs is 1. The zero-order chi connectivity index (χ0) is 20.1. The van der Waals surface area contributed by atoms with Gasteiger partial charge in [0.2, 0.25) is 0 Å². The molecule has 28 heavy (non-hydrogen) atoms. The molecule has 2 amide bonds. The lowest BCUT2D eigenvalue weighted by Crippen LogP contribution is -2.41. The van der Waals surface area contributed by atoms with E-state index in [4.69, 9.17) is 0 Å². The third-order valence-corrected chi connectivity index (χ3v) is 5.92. The van der Waals surface area contributed by atoms with Crippen molar-refractivity contribution < 1.29 is 4.79 Å². The van der Waals surface area contributed by atoms with Crippen LogP contribution in [0.4, 0.5) is 4.79 Å². The van der Waals surface area contributed by atoms with E-state index in [0.717, 1.165) is 21.6 Å². The molecular weight excluding hydrogens is 368 g/mol. The second kappa shape index (κ2) is 9.17. The lowest BCUT2D eigenvalue weighted by molar-refractivity contribution is 0.200. The van der Waals surface area contributed by atoms with Gasteiger partial charge in [0.15, 0.2) is 0 Å². The van der Waals surface area contributed by atoms with Crippen molar-refractivity contribution >= 4 is 27.6 Å². The Morgan fingerprint density at radius 3 is 2.46 bits per heavy atom. The Bertz CT molecular complexity index is 887. The highest BCUT2D eigenvalue weighted by Crippen LogP contribution is 2.22. The normalized spacial score (nSPS) is 12.3. The molecule has 2 aromatic carbocycles. The summed E-state index contributed by atoms with van der Waals surface area (Å²) in [6, 6.07) is 16.7. The van der Waals surface area contributed by atoms with Crippen LogP contribution >= 0.6 is 11.3 Å². The lowest BCUT2D eigenvalue weighted by Gasteiger charge is -2.26. The number of carbonyl (C=O) groups is 1. The number of urea groups is 1. The molecule has 5 nitrogen and oxygen atoms in total. The van der Waals surface area contributed by atoms with Gasteiger partial charge in [0.1, 0.15) is 5.01 Å². The molecule has 1 unspecified atom stereocenters. The first-order chi connectivity index (χ1) is 13.5. The number of hydrogen-bond acceptors (Lipinski definition) is 4. The number of aryl methyl sites for hydroxylation is 1. The Labute approximate surface area is 171 Å². The molecule has 1 N–H and O–H groups in total. The van der Waals surface area contributed by atoms with E-state index < -0.39 is 0 Å². The second-order valence-corrected chi connectivity index (χ2v) is 8.31. The summed E-state index contributed by atoms with van der Waals surface area (Å²) in [5.74, 6) is 0. The van der Waals surface area contributed by atoms with Crippen molar-refractivity contribution in [3.05, 3.63) is 64.7 Å². The van der Waals surface area contributed by atoms with Crippen LogP contribution in [0.3, 0.4) is 0 Å². The zero-order valence-electron chi connectivity index (χ0n) is 17.0. The maximum atomic E-state index is 12.6. The van der Waals surface area contributed by atoms with Crippen LogP contribution in [0.2, 0.25) is 0 Å². The molecule has 1 heterocycles. The fourth-order valence-electron chi connectivity index (χ4n) is 3.16. The van der Waals surface area contributed by atoms with Gasteiger partial charge in [-0.1, -0.05) is 43.3 Å². The molecule has 0 fully saturated rings. The Kier molecular flexibility index (Phi) is 6.65. The largest absolute Gasteiger partial charge is 0.336 e. The molecule has 0 bridgehead atoms. The number of hydrogen-bond donors (Lipinski definition) is 1. The molecule has 148 valence electrons. The Balaban J connectivity index is 1.60. The first-order valence-electron chi connectivity index (χ1n) is 9.56. The van der Waals surface area contributed by atoms with Crippen molar-refractivity contribution in [2.75, 3.05) is 27.7 Å². The number of nitrogens with zero attached hydrogens (tertiary/aromatic N) is 3. The monoisotopic (exact) mass is 396 g/mol. The number of likely N-dealkylation sites (N-methyl/N-ethyl adjacent to an activating group) is 1. The zero-order valence-corrected chi connectivity index (χ0v) is 17.8. The van der Waals surface area contributed by atoms with Gasteiger partial charge in [-0.05, 0) is 43.8 Å². The average molecular weight is 397 g/mol. The maximum absolute atomic E-state index is 12.6. The molecule has 1 atom stereocenters. The highest BCUT2D eigenvalue weighted by molar-refractivity contribution is 7.18. The van der Waals surface area contributed by atoms with Gasteiger partial charge in [0.05, 0.1) is 22.8 Å². The summed E-state index contributed by atoms with van der Waals surface area (Å²) in [6.45, 7) is 3.21. The van der Waals surface area contributed by atoms with Crippen LogP contribution in [0.25, 0.3) is 10.2 Å². The van der Waals surface area contributed by atoms with Gasteiger partial charge in [-0.3, -0.25) is 0 Å². The molecular formula is C22H28N4OS. The van der Waals surface area contributed by atoms with E-state index in [0.29, 0.717) is 13.1 Å². The third-order valence-electron chi connectivity index (χ3n) is 4.90. The molecule has 0 saturated carbocycles. The SMILES string of the molecule is CCc1ccc(C(CNC(=O)N(C)Cc2nc3ccccc3s2)N(C)C)cc1. The molecule has 3 aromatic rings. The van der Waals surface area contributed by atoms with Crippen molar-refractivity contribution in [1.82, 2.24) is 20.1 Å². The molecule has 0 aliphatic carbocycles. The van der Waals surface area contributed by atoms with Crippen LogP contribution in [0.5, 0.6) is 0 Å². The van der Waals surface area contributed by atoms with E-state index >= 15 is 0 Å². The van der Waals surface area contributed by atoms with E-state index in [-0.39, 0.29) is 12.1 Å². The van der Waals surface area contributed by atoms with Gasteiger partial charge in [0.25, 0.3) is 0 Å². The minimum absolute atomic E-state index is 0.0868. The van der Waals surface area contributed by atoms with Crippen LogP contribution in [0.1, 0.15) is 29.1 Å². The number of rotatable bonds is 7. The first kappa shape index (κ1) is 20.3. The van der Waals surface area contributed by atoms with Crippen molar-refractivity contribution in [3.63, 3.8) is 0 Å². The molecule has 0 aliphatic rings. The third kappa shape index (κ3) is 4.88. The molecule has 3 rings (SSSR count).